The summed E-state index contributed by atoms with van der Waals surface area (Å²) in [6, 6.07) is 17.7. The molecule has 5 nitrogen and oxygen atoms in total. The summed E-state index contributed by atoms with van der Waals surface area (Å²) in [7, 11) is 0. The number of aromatic amines is 1. The molecule has 0 amide bonds. The zero-order valence-electron chi connectivity index (χ0n) is 14.9. The molecule has 136 valence electrons. The van der Waals surface area contributed by atoms with E-state index in [-0.39, 0.29) is 12.2 Å². The highest BCUT2D eigenvalue weighted by Gasteiger charge is 2.07. The predicted octanol–water partition coefficient (Wildman–Crippen LogP) is 2.50. The Kier molecular flexibility index (Phi) is 6.17. The second-order valence-electron chi connectivity index (χ2n) is 6.50. The largest absolute Gasteiger partial charge is 0.389 e. The molecule has 0 aliphatic heterocycles. The van der Waals surface area contributed by atoms with Gasteiger partial charge in [-0.3, -0.25) is 4.79 Å². The summed E-state index contributed by atoms with van der Waals surface area (Å²) in [5.41, 5.74) is 3.57. The Morgan fingerprint density at radius 2 is 1.96 bits per heavy atom. The van der Waals surface area contributed by atoms with Crippen LogP contribution in [-0.2, 0) is 17.9 Å². The van der Waals surface area contributed by atoms with E-state index in [1.165, 1.54) is 0 Å². The van der Waals surface area contributed by atoms with Gasteiger partial charge in [0, 0.05) is 24.2 Å². The number of nitrogens with one attached hydrogen (secondary N) is 2. The van der Waals surface area contributed by atoms with Crippen LogP contribution in [0, 0.1) is 6.92 Å². The maximum absolute atomic E-state index is 12.2. The molecule has 1 aromatic heterocycles. The highest BCUT2D eigenvalue weighted by atomic mass is 16.5. The number of fused-ring (bicyclic) bond motifs is 1. The van der Waals surface area contributed by atoms with E-state index in [9.17, 15) is 9.90 Å². The lowest BCUT2D eigenvalue weighted by Crippen LogP contribution is -2.31. The number of hydrogen-bond donors (Lipinski definition) is 3. The fourth-order valence-electron chi connectivity index (χ4n) is 2.81. The number of ether oxygens (including phenoxy) is 1. The molecule has 2 aromatic carbocycles. The Morgan fingerprint density at radius 3 is 2.77 bits per heavy atom. The van der Waals surface area contributed by atoms with Gasteiger partial charge in [0.25, 0.3) is 5.56 Å². The van der Waals surface area contributed by atoms with E-state index < -0.39 is 6.10 Å². The van der Waals surface area contributed by atoms with Gasteiger partial charge in [-0.2, -0.15) is 0 Å². The van der Waals surface area contributed by atoms with Crippen LogP contribution in [0.1, 0.15) is 16.7 Å². The van der Waals surface area contributed by atoms with Gasteiger partial charge in [-0.1, -0.05) is 42.5 Å². The van der Waals surface area contributed by atoms with Crippen molar-refractivity contribution in [3.05, 3.63) is 81.6 Å². The molecule has 0 aliphatic carbocycles. The molecule has 0 saturated carbocycles. The third kappa shape index (κ3) is 5.02. The number of pyridine rings is 1. The molecule has 5 heteroatoms. The van der Waals surface area contributed by atoms with Crippen LogP contribution < -0.4 is 10.9 Å². The average Bonchev–Trinajstić information content (AvgIpc) is 2.63. The van der Waals surface area contributed by atoms with Crippen molar-refractivity contribution < 1.29 is 9.84 Å². The summed E-state index contributed by atoms with van der Waals surface area (Å²) in [5, 5.41) is 14.1. The monoisotopic (exact) mass is 352 g/mol. The average molecular weight is 352 g/mol. The van der Waals surface area contributed by atoms with E-state index >= 15 is 0 Å². The Labute approximate surface area is 152 Å². The highest BCUT2D eigenvalue weighted by molar-refractivity contribution is 5.79. The minimum Gasteiger partial charge on any atom is -0.389 e. The fraction of sp³-hybridized carbons (Fsp3) is 0.286. The van der Waals surface area contributed by atoms with E-state index in [1.807, 2.05) is 61.5 Å². The molecular formula is C21H24N2O3. The van der Waals surface area contributed by atoms with Crippen LogP contribution in [0.25, 0.3) is 10.9 Å². The summed E-state index contributed by atoms with van der Waals surface area (Å²) in [6.07, 6.45) is -0.624. The first-order chi connectivity index (χ1) is 12.6. The maximum atomic E-state index is 12.2. The highest BCUT2D eigenvalue weighted by Crippen LogP contribution is 2.12. The lowest BCUT2D eigenvalue weighted by Gasteiger charge is -2.12. The second-order valence-corrected chi connectivity index (χ2v) is 6.50. The smallest absolute Gasteiger partial charge is 0.252 e. The number of benzene rings is 2. The van der Waals surface area contributed by atoms with Crippen molar-refractivity contribution in [2.75, 3.05) is 13.2 Å². The number of rotatable bonds is 8. The van der Waals surface area contributed by atoms with E-state index in [1.54, 1.807) is 0 Å². The summed E-state index contributed by atoms with van der Waals surface area (Å²) in [4.78, 5) is 15.1. The molecule has 26 heavy (non-hydrogen) atoms. The Hall–Kier alpha value is -2.47. The SMILES string of the molecule is Cc1ccc2cc(CNC[C@@H](O)COCc3ccccc3)c(=O)[nH]c2c1. The number of H-pyrrole nitrogens is 1. The lowest BCUT2D eigenvalue weighted by atomic mass is 10.1. The molecule has 0 radical (unpaired) electrons. The van der Waals surface area contributed by atoms with Crippen molar-refractivity contribution in [2.24, 2.45) is 0 Å². The third-order valence-electron chi connectivity index (χ3n) is 4.20. The summed E-state index contributed by atoms with van der Waals surface area (Å²) >= 11 is 0. The van der Waals surface area contributed by atoms with Crippen LogP contribution in [0.3, 0.4) is 0 Å². The van der Waals surface area contributed by atoms with Gasteiger partial charge in [0.05, 0.1) is 19.3 Å². The molecule has 3 rings (SSSR count). The van der Waals surface area contributed by atoms with Crippen molar-refractivity contribution >= 4 is 10.9 Å². The predicted molar refractivity (Wildman–Crippen MR) is 103 cm³/mol. The van der Waals surface area contributed by atoms with Crippen LogP contribution in [0.4, 0.5) is 0 Å². The number of aryl methyl sites for hydroxylation is 1. The Morgan fingerprint density at radius 1 is 1.15 bits per heavy atom. The second kappa shape index (κ2) is 8.76. The molecule has 3 aromatic rings. The van der Waals surface area contributed by atoms with Gasteiger partial charge in [-0.25, -0.2) is 0 Å². The number of aliphatic hydroxyl groups excluding tert-OH is 1. The molecule has 0 bridgehead atoms. The standard InChI is InChI=1S/C21H24N2O3/c1-15-7-8-17-10-18(21(25)23-20(17)9-15)11-22-12-19(24)14-26-13-16-5-3-2-4-6-16/h2-10,19,22,24H,11-14H2,1H3,(H,23,25)/t19-/m1/s1. The molecule has 0 fully saturated rings. The van der Waals surface area contributed by atoms with Gasteiger partial charge >= 0.3 is 0 Å². The summed E-state index contributed by atoms with van der Waals surface area (Å²) in [5.74, 6) is 0. The number of aromatic nitrogens is 1. The van der Waals surface area contributed by atoms with Crippen LogP contribution in [0.2, 0.25) is 0 Å². The zero-order chi connectivity index (χ0) is 18.4. The van der Waals surface area contributed by atoms with E-state index in [4.69, 9.17) is 4.74 Å². The first-order valence-corrected chi connectivity index (χ1v) is 8.75. The minimum absolute atomic E-state index is 0.106. The van der Waals surface area contributed by atoms with Crippen molar-refractivity contribution in [2.45, 2.75) is 26.2 Å². The van der Waals surface area contributed by atoms with Gasteiger partial charge in [-0.05, 0) is 35.6 Å². The molecule has 0 aliphatic rings. The van der Waals surface area contributed by atoms with Crippen molar-refractivity contribution in [3.8, 4) is 0 Å². The maximum Gasteiger partial charge on any atom is 0.252 e. The van der Waals surface area contributed by atoms with Crippen LogP contribution in [-0.4, -0.2) is 29.3 Å². The van der Waals surface area contributed by atoms with Crippen LogP contribution in [0.5, 0.6) is 0 Å². The van der Waals surface area contributed by atoms with Gasteiger partial charge in [-0.15, -0.1) is 0 Å². The summed E-state index contributed by atoms with van der Waals surface area (Å²) < 4.78 is 5.52. The topological polar surface area (TPSA) is 74.3 Å². The molecule has 1 atom stereocenters. The zero-order valence-corrected chi connectivity index (χ0v) is 14.9. The molecule has 0 unspecified atom stereocenters. The normalized spacial score (nSPS) is 12.4. The van der Waals surface area contributed by atoms with Gasteiger partial charge < -0.3 is 20.1 Å². The third-order valence-corrected chi connectivity index (χ3v) is 4.20. The Balaban J connectivity index is 1.47. The van der Waals surface area contributed by atoms with Crippen molar-refractivity contribution in [1.29, 1.82) is 0 Å². The number of hydrogen-bond acceptors (Lipinski definition) is 4. The van der Waals surface area contributed by atoms with Crippen molar-refractivity contribution in [1.82, 2.24) is 10.3 Å². The molecule has 0 spiro atoms. The quantitative estimate of drug-likeness (QED) is 0.582. The fourth-order valence-corrected chi connectivity index (χ4v) is 2.81. The lowest BCUT2D eigenvalue weighted by molar-refractivity contribution is 0.0287. The van der Waals surface area contributed by atoms with Crippen LogP contribution >= 0.6 is 0 Å². The molecule has 0 saturated heterocycles. The summed E-state index contributed by atoms with van der Waals surface area (Å²) in [6.45, 7) is 3.47. The van der Waals surface area contributed by atoms with Gasteiger partial charge in [0.2, 0.25) is 0 Å². The van der Waals surface area contributed by atoms with Crippen molar-refractivity contribution in [3.63, 3.8) is 0 Å². The van der Waals surface area contributed by atoms with E-state index in [2.05, 4.69) is 10.3 Å². The van der Waals surface area contributed by atoms with Gasteiger partial charge in [0.1, 0.15) is 0 Å². The molecular weight excluding hydrogens is 328 g/mol. The van der Waals surface area contributed by atoms with E-state index in [0.717, 1.165) is 22.0 Å². The Bertz CT molecular complexity index is 906. The molecule has 1 heterocycles. The number of aliphatic hydroxyl groups is 1. The minimum atomic E-state index is -0.624. The van der Waals surface area contributed by atoms with Crippen LogP contribution in [0.15, 0.2) is 59.4 Å². The first-order valence-electron chi connectivity index (χ1n) is 8.75. The first kappa shape index (κ1) is 18.3. The van der Waals surface area contributed by atoms with E-state index in [0.29, 0.717) is 25.3 Å². The molecule has 3 N–H and O–H groups in total. The van der Waals surface area contributed by atoms with Gasteiger partial charge in [0.15, 0.2) is 0 Å².